The van der Waals surface area contributed by atoms with E-state index in [1.807, 2.05) is 18.2 Å². The summed E-state index contributed by atoms with van der Waals surface area (Å²) in [6, 6.07) is 10.2. The Labute approximate surface area is 239 Å². The van der Waals surface area contributed by atoms with Crippen molar-refractivity contribution < 1.29 is 18.7 Å². The number of hydrogen-bond donors (Lipinski definition) is 1. The summed E-state index contributed by atoms with van der Waals surface area (Å²) in [5.41, 5.74) is 2.76. The minimum absolute atomic E-state index is 0.0208. The Bertz CT molecular complexity index is 1480. The van der Waals surface area contributed by atoms with Crippen LogP contribution in [-0.2, 0) is 11.2 Å². The maximum Gasteiger partial charge on any atom is 0.342 e. The number of hydrogen-bond acceptors (Lipinski definition) is 6. The molecular formula is C31H35FN6O3. The van der Waals surface area contributed by atoms with Gasteiger partial charge in [-0.05, 0) is 62.4 Å². The zero-order valence-corrected chi connectivity index (χ0v) is 23.9. The molecule has 1 atom stereocenters. The number of likely N-dealkylation sites (N-methyl/N-ethyl adjacent to an activating group) is 2. The van der Waals surface area contributed by atoms with Crippen molar-refractivity contribution >= 4 is 17.6 Å². The van der Waals surface area contributed by atoms with Crippen molar-refractivity contribution in [2.24, 2.45) is 0 Å². The molecule has 1 saturated heterocycles. The van der Waals surface area contributed by atoms with Crippen molar-refractivity contribution in [1.82, 2.24) is 24.9 Å². The van der Waals surface area contributed by atoms with Crippen LogP contribution in [0, 0.1) is 17.7 Å². The van der Waals surface area contributed by atoms with Gasteiger partial charge in [0.2, 0.25) is 0 Å². The molecule has 0 radical (unpaired) electrons. The minimum Gasteiger partial charge on any atom is -0.489 e. The third kappa shape index (κ3) is 6.59. The predicted molar refractivity (Wildman–Crippen MR) is 155 cm³/mol. The van der Waals surface area contributed by atoms with Gasteiger partial charge in [0.15, 0.2) is 0 Å². The molecule has 9 nitrogen and oxygen atoms in total. The number of nitrogens with one attached hydrogen (secondary N) is 1. The molecule has 41 heavy (non-hydrogen) atoms. The van der Waals surface area contributed by atoms with Crippen LogP contribution in [0.1, 0.15) is 30.5 Å². The minimum atomic E-state index is -0.907. The average molecular weight is 559 g/mol. The van der Waals surface area contributed by atoms with E-state index in [1.165, 1.54) is 17.0 Å². The smallest absolute Gasteiger partial charge is 0.342 e. The number of rotatable bonds is 4. The Kier molecular flexibility index (Phi) is 8.10. The maximum absolute atomic E-state index is 13.3. The summed E-state index contributed by atoms with van der Waals surface area (Å²) in [6.07, 6.45) is 3.66. The van der Waals surface area contributed by atoms with Gasteiger partial charge in [0.05, 0.1) is 17.4 Å². The van der Waals surface area contributed by atoms with Gasteiger partial charge in [0, 0.05) is 51.4 Å². The van der Waals surface area contributed by atoms with E-state index in [1.54, 1.807) is 31.6 Å². The van der Waals surface area contributed by atoms with Crippen LogP contribution >= 0.6 is 0 Å². The number of nitrogens with zero attached hydrogens (tertiary/aromatic N) is 5. The summed E-state index contributed by atoms with van der Waals surface area (Å²) in [4.78, 5) is 32.5. The van der Waals surface area contributed by atoms with Crippen molar-refractivity contribution in [3.8, 4) is 17.6 Å². The molecule has 1 unspecified atom stereocenters. The normalized spacial score (nSPS) is 18.1. The Morgan fingerprint density at radius 3 is 2.56 bits per heavy atom. The molecule has 0 aliphatic carbocycles. The fourth-order valence-corrected chi connectivity index (χ4v) is 4.96. The first-order valence-electron chi connectivity index (χ1n) is 13.7. The fourth-order valence-electron chi connectivity index (χ4n) is 4.96. The van der Waals surface area contributed by atoms with Crippen LogP contribution in [0.4, 0.5) is 14.9 Å². The molecule has 0 spiro atoms. The van der Waals surface area contributed by atoms with Crippen molar-refractivity contribution in [2.75, 3.05) is 51.8 Å². The summed E-state index contributed by atoms with van der Waals surface area (Å²) in [7, 11) is 3.79. The number of benzene rings is 2. The number of carbonyl (C=O) groups is 2. The molecule has 2 aliphatic heterocycles. The molecule has 1 N–H and O–H groups in total. The van der Waals surface area contributed by atoms with Crippen molar-refractivity contribution in [3.05, 3.63) is 77.4 Å². The predicted octanol–water partition coefficient (Wildman–Crippen LogP) is 2.97. The summed E-state index contributed by atoms with van der Waals surface area (Å²) in [6.45, 7) is 8.21. The van der Waals surface area contributed by atoms with Crippen LogP contribution in [0.5, 0.6) is 5.75 Å². The zero-order chi connectivity index (χ0) is 29.1. The standard InChI is InChI=1S/C31H35FN6O3/c1-31(2,37-15-13-35(3)14-16-37)12-11-23-7-10-28-27(18-23)36(4)29(39)26(21-41-28)34-30(40)38-20-24(19-33-38)17-22-5-8-25(32)9-6-22/h5-10,18-20,26H,13-17,21H2,1-4H3,(H,34,40). The van der Waals surface area contributed by atoms with Gasteiger partial charge < -0.3 is 19.9 Å². The molecule has 2 aliphatic rings. The molecule has 1 fully saturated rings. The van der Waals surface area contributed by atoms with E-state index in [4.69, 9.17) is 4.74 Å². The van der Waals surface area contributed by atoms with Crippen molar-refractivity contribution in [1.29, 1.82) is 0 Å². The second kappa shape index (κ2) is 11.7. The largest absolute Gasteiger partial charge is 0.489 e. The van der Waals surface area contributed by atoms with E-state index in [0.29, 0.717) is 17.9 Å². The lowest BCUT2D eigenvalue weighted by atomic mass is 10.0. The zero-order valence-electron chi connectivity index (χ0n) is 23.9. The van der Waals surface area contributed by atoms with Crippen LogP contribution in [-0.4, -0.2) is 90.0 Å². The first-order chi connectivity index (χ1) is 19.6. The Morgan fingerprint density at radius 2 is 1.83 bits per heavy atom. The van der Waals surface area contributed by atoms with Gasteiger partial charge in [-0.1, -0.05) is 24.0 Å². The molecule has 3 heterocycles. The van der Waals surface area contributed by atoms with E-state index < -0.39 is 12.1 Å². The Morgan fingerprint density at radius 1 is 1.10 bits per heavy atom. The Balaban J connectivity index is 1.24. The topological polar surface area (TPSA) is 82.9 Å². The van der Waals surface area contributed by atoms with E-state index >= 15 is 0 Å². The maximum atomic E-state index is 13.3. The molecular weight excluding hydrogens is 523 g/mol. The molecule has 3 aromatic rings. The quantitative estimate of drug-likeness (QED) is 0.496. The highest BCUT2D eigenvalue weighted by Crippen LogP contribution is 2.31. The van der Waals surface area contributed by atoms with E-state index in [-0.39, 0.29) is 23.9 Å². The second-order valence-electron chi connectivity index (χ2n) is 11.1. The highest BCUT2D eigenvalue weighted by molar-refractivity contribution is 6.00. The van der Waals surface area contributed by atoms with E-state index in [9.17, 15) is 14.0 Å². The van der Waals surface area contributed by atoms with Crippen molar-refractivity contribution in [2.45, 2.75) is 31.8 Å². The highest BCUT2D eigenvalue weighted by atomic mass is 19.1. The SMILES string of the molecule is CN1CCN(C(C)(C)C#Cc2ccc3c(c2)N(C)C(=O)C(NC(=O)n2cc(Cc4ccc(F)cc4)cn2)CO3)CC1. The van der Waals surface area contributed by atoms with Crippen LogP contribution in [0.3, 0.4) is 0 Å². The van der Waals surface area contributed by atoms with Crippen LogP contribution in [0.25, 0.3) is 0 Å². The first kappa shape index (κ1) is 28.3. The fraction of sp³-hybridized carbons (Fsp3) is 0.387. The number of amides is 2. The molecule has 0 saturated carbocycles. The second-order valence-corrected chi connectivity index (χ2v) is 11.1. The number of halogens is 1. The number of carbonyl (C=O) groups excluding carboxylic acids is 2. The average Bonchev–Trinajstić information content (AvgIpc) is 3.39. The molecule has 214 valence electrons. The number of ether oxygens (including phenoxy) is 1. The highest BCUT2D eigenvalue weighted by Gasteiger charge is 2.31. The summed E-state index contributed by atoms with van der Waals surface area (Å²) in [5, 5.41) is 6.87. The van der Waals surface area contributed by atoms with Crippen LogP contribution < -0.4 is 15.0 Å². The first-order valence-corrected chi connectivity index (χ1v) is 13.7. The van der Waals surface area contributed by atoms with Gasteiger partial charge in [-0.3, -0.25) is 9.69 Å². The monoisotopic (exact) mass is 558 g/mol. The van der Waals surface area contributed by atoms with Gasteiger partial charge in [-0.25, -0.2) is 9.18 Å². The number of piperazine rings is 1. The molecule has 10 heteroatoms. The van der Waals surface area contributed by atoms with Gasteiger partial charge in [-0.2, -0.15) is 9.78 Å². The van der Waals surface area contributed by atoms with E-state index in [0.717, 1.165) is 47.6 Å². The molecule has 2 amide bonds. The van der Waals surface area contributed by atoms with Gasteiger partial charge in [0.25, 0.3) is 5.91 Å². The molecule has 2 aromatic carbocycles. The lowest BCUT2D eigenvalue weighted by Crippen LogP contribution is -2.53. The summed E-state index contributed by atoms with van der Waals surface area (Å²) in [5.74, 6) is 6.63. The summed E-state index contributed by atoms with van der Waals surface area (Å²) < 4.78 is 20.3. The van der Waals surface area contributed by atoms with Crippen LogP contribution in [0.15, 0.2) is 54.9 Å². The molecule has 0 bridgehead atoms. The third-order valence-corrected chi connectivity index (χ3v) is 7.62. The molecule has 1 aromatic heterocycles. The third-order valence-electron chi connectivity index (χ3n) is 7.62. The number of aromatic nitrogens is 2. The summed E-state index contributed by atoms with van der Waals surface area (Å²) >= 11 is 0. The number of anilines is 1. The molecule has 5 rings (SSSR count). The lowest BCUT2D eigenvalue weighted by molar-refractivity contribution is -0.120. The number of fused-ring (bicyclic) bond motifs is 1. The van der Waals surface area contributed by atoms with Gasteiger partial charge in [0.1, 0.15) is 24.2 Å². The lowest BCUT2D eigenvalue weighted by Gasteiger charge is -2.40. The van der Waals surface area contributed by atoms with Gasteiger partial charge >= 0.3 is 6.03 Å². The van der Waals surface area contributed by atoms with Gasteiger partial charge in [-0.15, -0.1) is 0 Å². The Hall–Kier alpha value is -4.20. The van der Waals surface area contributed by atoms with E-state index in [2.05, 4.69) is 53.0 Å². The van der Waals surface area contributed by atoms with Crippen LogP contribution in [0.2, 0.25) is 0 Å². The van der Waals surface area contributed by atoms with Crippen molar-refractivity contribution in [3.63, 3.8) is 0 Å².